The van der Waals surface area contributed by atoms with Crippen LogP contribution in [-0.4, -0.2) is 101 Å². The molecule has 9 rings (SSSR count). The zero-order valence-corrected chi connectivity index (χ0v) is 34.3. The van der Waals surface area contributed by atoms with E-state index in [1.807, 2.05) is 47.2 Å². The van der Waals surface area contributed by atoms with Crippen LogP contribution < -0.4 is 20.9 Å². The third-order valence-corrected chi connectivity index (χ3v) is 13.1. The summed E-state index contributed by atoms with van der Waals surface area (Å²) in [7, 11) is 0. The van der Waals surface area contributed by atoms with Crippen molar-refractivity contribution in [3.05, 3.63) is 107 Å². The van der Waals surface area contributed by atoms with Gasteiger partial charge in [0.15, 0.2) is 5.82 Å². The van der Waals surface area contributed by atoms with Crippen molar-refractivity contribution in [1.82, 2.24) is 29.9 Å². The van der Waals surface area contributed by atoms with Gasteiger partial charge < -0.3 is 39.7 Å². The molecule has 3 atom stereocenters. The molecule has 308 valence electrons. The van der Waals surface area contributed by atoms with E-state index >= 15 is 0 Å². The molecule has 3 aromatic carbocycles. The fourth-order valence-corrected chi connectivity index (χ4v) is 9.74. The number of anilines is 3. The van der Waals surface area contributed by atoms with E-state index < -0.39 is 13.2 Å². The van der Waals surface area contributed by atoms with Gasteiger partial charge in [0.1, 0.15) is 11.9 Å². The van der Waals surface area contributed by atoms with Crippen LogP contribution in [0.25, 0.3) is 22.2 Å². The molecule has 4 aliphatic rings. The summed E-state index contributed by atoms with van der Waals surface area (Å²) in [4.78, 5) is 22.8. The number of piperidine rings is 2. The maximum atomic E-state index is 14.0. The Kier molecular flexibility index (Phi) is 10.4. The number of phenolic OH excluding ortho intramolecular Hbond substituents is 1. The van der Waals surface area contributed by atoms with Gasteiger partial charge in [-0.05, 0) is 112 Å². The fourth-order valence-electron chi connectivity index (χ4n) is 9.74. The van der Waals surface area contributed by atoms with Gasteiger partial charge in [-0.15, -0.1) is 10.2 Å². The number of fused-ring (bicyclic) bond motifs is 1. The van der Waals surface area contributed by atoms with Gasteiger partial charge in [-0.25, -0.2) is 0 Å². The highest BCUT2D eigenvalue weighted by molar-refractivity contribution is 5.96. The minimum atomic E-state index is -0.697. The lowest BCUT2D eigenvalue weighted by atomic mass is 9.91. The highest BCUT2D eigenvalue weighted by atomic mass is 16.5. The number of phenols is 1. The first kappa shape index (κ1) is 36.6. The Bertz CT molecular complexity index is 2440. The number of aromatic nitrogens is 3. The number of nitrogens with zero attached hydrogens (tertiary/aromatic N) is 7. The molecule has 6 heterocycles. The van der Waals surface area contributed by atoms with Crippen LogP contribution in [0.3, 0.4) is 0 Å². The molecule has 12 nitrogen and oxygen atoms in total. The van der Waals surface area contributed by atoms with Gasteiger partial charge in [-0.1, -0.05) is 30.3 Å². The minimum Gasteiger partial charge on any atom is -0.507 e. The molecule has 2 unspecified atom stereocenters. The third kappa shape index (κ3) is 7.77. The average Bonchev–Trinajstić information content (AvgIpc) is 3.61. The van der Waals surface area contributed by atoms with Gasteiger partial charge in [0, 0.05) is 88.2 Å². The van der Waals surface area contributed by atoms with Crippen LogP contribution in [0, 0.1) is 26.7 Å². The van der Waals surface area contributed by atoms with Gasteiger partial charge in [0.05, 0.1) is 37.2 Å². The summed E-state index contributed by atoms with van der Waals surface area (Å²) in [5.41, 5.74) is 15.6. The van der Waals surface area contributed by atoms with Gasteiger partial charge in [-0.2, -0.15) is 0 Å². The number of carbonyl (C=O) groups excluding carboxylic acids is 1. The summed E-state index contributed by atoms with van der Waals surface area (Å²) in [6.07, 6.45) is 7.63. The van der Waals surface area contributed by atoms with E-state index in [9.17, 15) is 9.90 Å². The first-order valence-electron chi connectivity index (χ1n) is 22.3. The zero-order valence-electron chi connectivity index (χ0n) is 36.3. The van der Waals surface area contributed by atoms with E-state index in [4.69, 9.17) is 13.2 Å². The number of hydrogen-bond donors (Lipinski definition) is 3. The normalized spacial score (nSPS) is 22.8. The van der Waals surface area contributed by atoms with Crippen molar-refractivity contribution in [3.63, 3.8) is 0 Å². The number of benzene rings is 3. The number of carbonyl (C=O) groups is 1. The van der Waals surface area contributed by atoms with Crippen LogP contribution in [0.1, 0.15) is 73.3 Å². The number of nitrogen functional groups attached to an aromatic ring is 1. The molecule has 5 aromatic rings. The second kappa shape index (κ2) is 16.7. The van der Waals surface area contributed by atoms with Crippen molar-refractivity contribution in [2.24, 2.45) is 5.92 Å². The zero-order chi connectivity index (χ0) is 42.4. The molecule has 59 heavy (non-hydrogen) atoms. The summed E-state index contributed by atoms with van der Waals surface area (Å²) < 4.78 is 25.3. The SMILES string of the molecule is [2H]C1C=CN(c2cccc3c2cc(C)n3C2CCN(CC3CCN(C(=O)c4ccc(C5CN(c6cc(-c7ccccc7O)nnc6N)CCO5)c(C)c4C)CC3)CC2)[C@@H]([2H])N1. The number of aromatic hydroxyl groups is 1. The Morgan fingerprint density at radius 2 is 1.75 bits per heavy atom. The molecule has 4 N–H and O–H groups in total. The third-order valence-electron chi connectivity index (χ3n) is 13.1. The van der Waals surface area contributed by atoms with E-state index in [0.29, 0.717) is 48.7 Å². The quantitative estimate of drug-likeness (QED) is 0.152. The van der Waals surface area contributed by atoms with Gasteiger partial charge >= 0.3 is 0 Å². The standard InChI is InChI=1S/C47H57N9O3/c1-31-26-39-41(55-19-7-18-49-30-55)9-6-10-42(39)56(31)35-16-20-52(21-17-35)28-34-14-22-53(23-15-34)47(58)37-13-12-36(32(2)33(37)3)45-29-54(24-25-59-45)43-27-40(50-51-46(43)48)38-8-4-5-11-44(38)57/h4-13,19,26-27,34-35,45,49,57H,14-18,20-25,28-30H2,1-3H3,(H2,48,51)/i18D,30D/t18?,30-,45?/m0/s1. The van der Waals surface area contributed by atoms with E-state index in [-0.39, 0.29) is 17.8 Å². The highest BCUT2D eigenvalue weighted by Crippen LogP contribution is 2.38. The number of hydrogen-bond acceptors (Lipinski definition) is 10. The summed E-state index contributed by atoms with van der Waals surface area (Å²) in [6, 6.07) is 22.0. The van der Waals surface area contributed by atoms with Crippen LogP contribution in [-0.2, 0) is 4.74 Å². The Morgan fingerprint density at radius 3 is 2.54 bits per heavy atom. The average molecular weight is 798 g/mol. The Balaban J connectivity index is 0.792. The predicted octanol–water partition coefficient (Wildman–Crippen LogP) is 6.96. The topological polar surface area (TPSA) is 128 Å². The van der Waals surface area contributed by atoms with E-state index in [0.717, 1.165) is 97.4 Å². The second-order valence-corrected chi connectivity index (χ2v) is 16.6. The van der Waals surface area contributed by atoms with E-state index in [1.165, 1.54) is 11.2 Å². The van der Waals surface area contributed by atoms with Gasteiger partial charge in [0.25, 0.3) is 5.91 Å². The summed E-state index contributed by atoms with van der Waals surface area (Å²) in [5, 5.41) is 23.0. The number of nitrogens with two attached hydrogens (primary N) is 1. The van der Waals surface area contributed by atoms with Crippen molar-refractivity contribution >= 4 is 34.0 Å². The molecule has 12 heteroatoms. The number of aryl methyl sites for hydroxylation is 1. The largest absolute Gasteiger partial charge is 0.507 e. The first-order valence-corrected chi connectivity index (χ1v) is 21.1. The lowest BCUT2D eigenvalue weighted by Gasteiger charge is -2.38. The predicted molar refractivity (Wildman–Crippen MR) is 235 cm³/mol. The number of para-hydroxylation sites is 1. The maximum Gasteiger partial charge on any atom is 0.254 e. The number of rotatable bonds is 8. The van der Waals surface area contributed by atoms with Crippen LogP contribution in [0.4, 0.5) is 17.2 Å². The molecular weight excluding hydrogens is 739 g/mol. The highest BCUT2D eigenvalue weighted by Gasteiger charge is 2.31. The van der Waals surface area contributed by atoms with Crippen LogP contribution >= 0.6 is 0 Å². The van der Waals surface area contributed by atoms with Crippen LogP contribution in [0.15, 0.2) is 79.0 Å². The van der Waals surface area contributed by atoms with E-state index in [1.54, 1.807) is 18.2 Å². The molecule has 0 aliphatic carbocycles. The van der Waals surface area contributed by atoms with Crippen molar-refractivity contribution in [2.75, 3.05) is 81.1 Å². The first-order chi connectivity index (χ1) is 29.5. The molecule has 3 fully saturated rings. The number of amides is 1. The molecule has 3 saturated heterocycles. The molecule has 0 saturated carbocycles. The molecule has 1 amide bonds. The van der Waals surface area contributed by atoms with E-state index in [2.05, 4.69) is 74.1 Å². The monoisotopic (exact) mass is 797 g/mol. The summed E-state index contributed by atoms with van der Waals surface area (Å²) >= 11 is 0. The van der Waals surface area contributed by atoms with Gasteiger partial charge in [0.2, 0.25) is 0 Å². The smallest absolute Gasteiger partial charge is 0.254 e. The van der Waals surface area contributed by atoms with Crippen molar-refractivity contribution < 1.29 is 17.4 Å². The van der Waals surface area contributed by atoms with Crippen LogP contribution in [0.5, 0.6) is 5.75 Å². The van der Waals surface area contributed by atoms with Crippen molar-refractivity contribution in [3.8, 4) is 17.0 Å². The lowest BCUT2D eigenvalue weighted by Crippen LogP contribution is -2.43. The minimum absolute atomic E-state index is 0.105. The van der Waals surface area contributed by atoms with Crippen LogP contribution in [0.2, 0.25) is 0 Å². The van der Waals surface area contributed by atoms with Gasteiger partial charge in [-0.3, -0.25) is 10.1 Å². The molecule has 0 bridgehead atoms. The maximum absolute atomic E-state index is 14.0. The molecule has 4 aliphatic heterocycles. The van der Waals surface area contributed by atoms with Crippen molar-refractivity contribution in [1.29, 1.82) is 0 Å². The molecular formula is C47H57N9O3. The molecule has 0 spiro atoms. The molecule has 2 aromatic heterocycles. The summed E-state index contributed by atoms with van der Waals surface area (Å²) in [6.45, 7) is 11.5. The lowest BCUT2D eigenvalue weighted by molar-refractivity contribution is 0.0393. The second-order valence-electron chi connectivity index (χ2n) is 16.6. The number of morpholine rings is 1. The Hall–Kier alpha value is -5.43. The number of ether oxygens (including phenoxy) is 1. The number of nitrogens with one attached hydrogen (secondary N) is 1. The fraction of sp³-hybridized carbons (Fsp3) is 0.426. The Labute approximate surface area is 350 Å². The Morgan fingerprint density at radius 1 is 0.932 bits per heavy atom. The molecule has 0 radical (unpaired) electrons. The number of likely N-dealkylation sites (tertiary alicyclic amines) is 2. The summed E-state index contributed by atoms with van der Waals surface area (Å²) in [5.74, 6) is 1.14. The van der Waals surface area contributed by atoms with Crippen molar-refractivity contribution in [2.45, 2.75) is 58.6 Å².